The lowest BCUT2D eigenvalue weighted by Gasteiger charge is -2.21. The maximum atomic E-state index is 12.1. The van der Waals surface area contributed by atoms with Gasteiger partial charge in [0.2, 0.25) is 0 Å². The number of carbonyl (C=O) groups is 2. The van der Waals surface area contributed by atoms with E-state index < -0.39 is 5.97 Å². The van der Waals surface area contributed by atoms with Crippen molar-refractivity contribution in [1.82, 2.24) is 5.32 Å². The van der Waals surface area contributed by atoms with Crippen LogP contribution in [0.2, 0.25) is 0 Å². The molecule has 1 atom stereocenters. The van der Waals surface area contributed by atoms with Crippen molar-refractivity contribution in [3.63, 3.8) is 0 Å². The lowest BCUT2D eigenvalue weighted by atomic mass is 10.1. The molecule has 1 aromatic rings. The fraction of sp³-hybridized carbons (Fsp3) is 0.429. The van der Waals surface area contributed by atoms with E-state index in [-0.39, 0.29) is 17.6 Å². The number of nitrogens with zero attached hydrogens (tertiary/aromatic N) is 1. The Morgan fingerprint density at radius 1 is 1.47 bits per heavy atom. The highest BCUT2D eigenvalue weighted by Crippen LogP contribution is 2.28. The highest BCUT2D eigenvalue weighted by molar-refractivity contribution is 5.96. The maximum Gasteiger partial charge on any atom is 0.335 e. The first kappa shape index (κ1) is 13.4. The molecule has 2 rings (SSSR count). The van der Waals surface area contributed by atoms with Crippen molar-refractivity contribution in [2.75, 3.05) is 11.4 Å². The van der Waals surface area contributed by atoms with E-state index in [1.165, 1.54) is 6.07 Å². The standard InChI is InChI=1S/C14H18N2O3/c1-3-9(2)15-14(19)16-7-6-10-8-11(13(17)18)4-5-12(10)16/h4-5,8-9H,3,6-7H2,1-2H3,(H,15,19)(H,17,18). The highest BCUT2D eigenvalue weighted by Gasteiger charge is 2.25. The van der Waals surface area contributed by atoms with Gasteiger partial charge < -0.3 is 10.4 Å². The summed E-state index contributed by atoms with van der Waals surface area (Å²) in [5.41, 5.74) is 1.99. The number of carboxylic acid groups (broad SMARTS) is 1. The van der Waals surface area contributed by atoms with Gasteiger partial charge in [-0.25, -0.2) is 9.59 Å². The van der Waals surface area contributed by atoms with Crippen LogP contribution in [-0.4, -0.2) is 29.7 Å². The van der Waals surface area contributed by atoms with Crippen molar-refractivity contribution < 1.29 is 14.7 Å². The van der Waals surface area contributed by atoms with Gasteiger partial charge >= 0.3 is 12.0 Å². The number of hydrogen-bond acceptors (Lipinski definition) is 2. The van der Waals surface area contributed by atoms with Gasteiger partial charge in [0, 0.05) is 18.3 Å². The Labute approximate surface area is 112 Å². The molecule has 2 N–H and O–H groups in total. The topological polar surface area (TPSA) is 69.6 Å². The van der Waals surface area contributed by atoms with Gasteiger partial charge in [0.1, 0.15) is 0 Å². The molecule has 102 valence electrons. The van der Waals surface area contributed by atoms with E-state index in [2.05, 4.69) is 5.32 Å². The Morgan fingerprint density at radius 3 is 2.84 bits per heavy atom. The third-order valence-corrected chi connectivity index (χ3v) is 3.45. The Hall–Kier alpha value is -2.04. The van der Waals surface area contributed by atoms with E-state index >= 15 is 0 Å². The molecule has 0 aliphatic carbocycles. The predicted molar refractivity (Wildman–Crippen MR) is 72.7 cm³/mol. The largest absolute Gasteiger partial charge is 0.478 e. The molecular weight excluding hydrogens is 244 g/mol. The number of anilines is 1. The normalized spacial score (nSPS) is 14.9. The van der Waals surface area contributed by atoms with Gasteiger partial charge in [0.25, 0.3) is 0 Å². The van der Waals surface area contributed by atoms with E-state index in [9.17, 15) is 9.59 Å². The molecule has 0 saturated heterocycles. The second-order valence-electron chi connectivity index (χ2n) is 4.81. The SMILES string of the molecule is CCC(C)NC(=O)N1CCc2cc(C(=O)O)ccc21. The first-order chi connectivity index (χ1) is 9.02. The number of hydrogen-bond donors (Lipinski definition) is 2. The van der Waals surface area contributed by atoms with Crippen molar-refractivity contribution in [2.45, 2.75) is 32.7 Å². The van der Waals surface area contributed by atoms with Crippen LogP contribution in [0.3, 0.4) is 0 Å². The summed E-state index contributed by atoms with van der Waals surface area (Å²) in [5, 5.41) is 11.9. The van der Waals surface area contributed by atoms with Gasteiger partial charge in [-0.2, -0.15) is 0 Å². The van der Waals surface area contributed by atoms with Crippen LogP contribution in [0.1, 0.15) is 36.2 Å². The lowest BCUT2D eigenvalue weighted by Crippen LogP contribution is -2.43. The minimum absolute atomic E-state index is 0.115. The summed E-state index contributed by atoms with van der Waals surface area (Å²) in [7, 11) is 0. The number of rotatable bonds is 3. The van der Waals surface area contributed by atoms with Crippen LogP contribution in [-0.2, 0) is 6.42 Å². The first-order valence-corrected chi connectivity index (χ1v) is 6.47. The van der Waals surface area contributed by atoms with E-state index in [4.69, 9.17) is 5.11 Å². The van der Waals surface area contributed by atoms with Gasteiger partial charge in [0.05, 0.1) is 5.56 Å². The summed E-state index contributed by atoms with van der Waals surface area (Å²) in [6, 6.07) is 4.91. The van der Waals surface area contributed by atoms with Crippen LogP contribution in [0.25, 0.3) is 0 Å². The second-order valence-corrected chi connectivity index (χ2v) is 4.81. The van der Waals surface area contributed by atoms with Gasteiger partial charge in [-0.15, -0.1) is 0 Å². The quantitative estimate of drug-likeness (QED) is 0.877. The monoisotopic (exact) mass is 262 g/mol. The van der Waals surface area contributed by atoms with Crippen LogP contribution < -0.4 is 10.2 Å². The summed E-state index contributed by atoms with van der Waals surface area (Å²) in [4.78, 5) is 24.7. The average molecular weight is 262 g/mol. The molecule has 1 aromatic carbocycles. The van der Waals surface area contributed by atoms with E-state index in [0.29, 0.717) is 13.0 Å². The average Bonchev–Trinajstić information content (AvgIpc) is 2.81. The van der Waals surface area contributed by atoms with Crippen molar-refractivity contribution in [3.05, 3.63) is 29.3 Å². The Balaban J connectivity index is 2.18. The van der Waals surface area contributed by atoms with Crippen molar-refractivity contribution in [2.24, 2.45) is 0 Å². The molecule has 1 aliphatic heterocycles. The van der Waals surface area contributed by atoms with Gasteiger partial charge in [-0.1, -0.05) is 6.92 Å². The van der Waals surface area contributed by atoms with Crippen molar-refractivity contribution >= 4 is 17.7 Å². The number of fused-ring (bicyclic) bond motifs is 1. The molecular formula is C14H18N2O3. The van der Waals surface area contributed by atoms with Crippen LogP contribution in [0.15, 0.2) is 18.2 Å². The number of carboxylic acids is 1. The molecule has 0 bridgehead atoms. The molecule has 5 heteroatoms. The van der Waals surface area contributed by atoms with Crippen LogP contribution in [0.5, 0.6) is 0 Å². The third kappa shape index (κ3) is 2.70. The predicted octanol–water partition coefficient (Wildman–Crippen LogP) is 2.26. The molecule has 5 nitrogen and oxygen atoms in total. The molecule has 0 radical (unpaired) electrons. The zero-order valence-corrected chi connectivity index (χ0v) is 11.1. The molecule has 1 unspecified atom stereocenters. The van der Waals surface area contributed by atoms with E-state index in [1.54, 1.807) is 17.0 Å². The Morgan fingerprint density at radius 2 is 2.21 bits per heavy atom. The Kier molecular flexibility index (Phi) is 3.74. The Bertz CT molecular complexity index is 513. The number of aromatic carboxylic acids is 1. The summed E-state index contributed by atoms with van der Waals surface area (Å²) < 4.78 is 0. The van der Waals surface area contributed by atoms with Crippen LogP contribution in [0.4, 0.5) is 10.5 Å². The van der Waals surface area contributed by atoms with Gasteiger partial charge in [0.15, 0.2) is 0 Å². The molecule has 2 amide bonds. The van der Waals surface area contributed by atoms with Crippen molar-refractivity contribution in [1.29, 1.82) is 0 Å². The summed E-state index contributed by atoms with van der Waals surface area (Å²) in [6.45, 7) is 4.57. The number of carbonyl (C=O) groups excluding carboxylic acids is 1. The molecule has 1 aliphatic rings. The van der Waals surface area contributed by atoms with Gasteiger partial charge in [-0.3, -0.25) is 4.90 Å². The summed E-state index contributed by atoms with van der Waals surface area (Å²) in [6.07, 6.45) is 1.58. The maximum absolute atomic E-state index is 12.1. The third-order valence-electron chi connectivity index (χ3n) is 3.45. The van der Waals surface area contributed by atoms with E-state index in [0.717, 1.165) is 17.7 Å². The number of nitrogens with one attached hydrogen (secondary N) is 1. The molecule has 0 spiro atoms. The fourth-order valence-corrected chi connectivity index (χ4v) is 2.14. The zero-order valence-electron chi connectivity index (χ0n) is 11.1. The fourth-order valence-electron chi connectivity index (χ4n) is 2.14. The lowest BCUT2D eigenvalue weighted by molar-refractivity contribution is 0.0697. The number of benzene rings is 1. The molecule has 0 aromatic heterocycles. The number of amides is 2. The molecule has 19 heavy (non-hydrogen) atoms. The highest BCUT2D eigenvalue weighted by atomic mass is 16.4. The summed E-state index contributed by atoms with van der Waals surface area (Å²) >= 11 is 0. The molecule has 0 saturated carbocycles. The molecule has 0 fully saturated rings. The second kappa shape index (κ2) is 5.30. The smallest absolute Gasteiger partial charge is 0.335 e. The van der Waals surface area contributed by atoms with Crippen LogP contribution >= 0.6 is 0 Å². The zero-order chi connectivity index (χ0) is 14.0. The van der Waals surface area contributed by atoms with Gasteiger partial charge in [-0.05, 0) is 43.5 Å². The summed E-state index contributed by atoms with van der Waals surface area (Å²) in [5.74, 6) is -0.940. The van der Waals surface area contributed by atoms with Crippen LogP contribution in [0, 0.1) is 0 Å². The number of urea groups is 1. The van der Waals surface area contributed by atoms with E-state index in [1.807, 2.05) is 13.8 Å². The minimum Gasteiger partial charge on any atom is -0.478 e. The minimum atomic E-state index is -0.940. The van der Waals surface area contributed by atoms with Crippen molar-refractivity contribution in [3.8, 4) is 0 Å². The molecule has 1 heterocycles. The first-order valence-electron chi connectivity index (χ1n) is 6.47.